The van der Waals surface area contributed by atoms with Gasteiger partial charge in [0.2, 0.25) is 18.6 Å². The molecule has 4 aliphatic heterocycles. The summed E-state index contributed by atoms with van der Waals surface area (Å²) in [5.74, 6) is 0.629. The summed E-state index contributed by atoms with van der Waals surface area (Å²) in [4.78, 5) is 28.5. The largest absolute Gasteiger partial charge is 0.493 e. The second-order valence-corrected chi connectivity index (χ2v) is 8.42. The van der Waals surface area contributed by atoms with Gasteiger partial charge in [-0.2, -0.15) is 0 Å². The van der Waals surface area contributed by atoms with E-state index in [0.29, 0.717) is 40.9 Å². The van der Waals surface area contributed by atoms with Crippen molar-refractivity contribution < 1.29 is 33.3 Å². The number of carbonyl (C=O) groups is 2. The molecule has 2 bridgehead atoms. The predicted molar refractivity (Wildman–Crippen MR) is 117 cm³/mol. The minimum absolute atomic E-state index is 0.145. The maximum Gasteiger partial charge on any atom is 0.234 e. The van der Waals surface area contributed by atoms with Crippen LogP contribution in [-0.2, 0) is 14.3 Å². The second-order valence-electron chi connectivity index (χ2n) is 8.42. The Balaban J connectivity index is 1.27. The smallest absolute Gasteiger partial charge is 0.234 e. The van der Waals surface area contributed by atoms with Gasteiger partial charge in [0, 0.05) is 23.5 Å². The highest BCUT2D eigenvalue weighted by atomic mass is 16.7. The third kappa shape index (κ3) is 2.88. The molecule has 0 unspecified atom stereocenters. The van der Waals surface area contributed by atoms with Gasteiger partial charge in [-0.15, -0.1) is 0 Å². The Kier molecular flexibility index (Phi) is 4.31. The van der Waals surface area contributed by atoms with Gasteiger partial charge in [-0.25, -0.2) is 0 Å². The highest BCUT2D eigenvalue weighted by molar-refractivity contribution is 6.05. The normalized spacial score (nSPS) is 28.2. The van der Waals surface area contributed by atoms with Crippen molar-refractivity contribution in [2.75, 3.05) is 37.8 Å². The maximum atomic E-state index is 13.5. The SMILES string of the molecule is COc1ccc(NC(=O)[C@H]2[C@H]3C(=O)N(c4ccc5c(c4)OCO5)C[C@@]34C=C[C@H]2O4)cc1OC. The Hall–Kier alpha value is -3.72. The molecular weight excluding hydrogens is 428 g/mol. The molecule has 2 aromatic carbocycles. The molecule has 33 heavy (non-hydrogen) atoms. The lowest BCUT2D eigenvalue weighted by molar-refractivity contribution is -0.128. The van der Waals surface area contributed by atoms with E-state index in [1.54, 1.807) is 42.3 Å². The molecule has 2 aromatic rings. The second kappa shape index (κ2) is 7.14. The number of hydrogen-bond acceptors (Lipinski definition) is 7. The first-order chi connectivity index (χ1) is 16.0. The Morgan fingerprint density at radius 1 is 1.09 bits per heavy atom. The minimum atomic E-state index is -0.822. The number of carbonyl (C=O) groups excluding carboxylic acids is 2. The summed E-state index contributed by atoms with van der Waals surface area (Å²) in [6.45, 7) is 0.495. The first-order valence-corrected chi connectivity index (χ1v) is 10.6. The average molecular weight is 450 g/mol. The quantitative estimate of drug-likeness (QED) is 0.699. The number of rotatable bonds is 5. The zero-order valence-corrected chi connectivity index (χ0v) is 18.1. The first kappa shape index (κ1) is 19.9. The molecule has 2 saturated heterocycles. The molecule has 2 amide bonds. The van der Waals surface area contributed by atoms with Crippen LogP contribution < -0.4 is 29.2 Å². The van der Waals surface area contributed by atoms with Crippen molar-refractivity contribution in [2.24, 2.45) is 11.8 Å². The van der Waals surface area contributed by atoms with Crippen LogP contribution in [0.1, 0.15) is 0 Å². The minimum Gasteiger partial charge on any atom is -0.493 e. The molecule has 0 aromatic heterocycles. The average Bonchev–Trinajstić information content (AvgIpc) is 3.59. The number of nitrogens with one attached hydrogen (secondary N) is 1. The molecule has 6 rings (SSSR count). The van der Waals surface area contributed by atoms with Crippen LogP contribution in [0.25, 0.3) is 0 Å². The van der Waals surface area contributed by atoms with Crippen LogP contribution in [0, 0.1) is 11.8 Å². The van der Waals surface area contributed by atoms with Gasteiger partial charge in [0.25, 0.3) is 0 Å². The fourth-order valence-electron chi connectivity index (χ4n) is 5.21. The molecule has 4 aliphatic rings. The van der Waals surface area contributed by atoms with Crippen LogP contribution in [0.5, 0.6) is 23.0 Å². The number of fused-ring (bicyclic) bond motifs is 2. The van der Waals surface area contributed by atoms with Crippen LogP contribution in [-0.4, -0.2) is 51.1 Å². The summed E-state index contributed by atoms with van der Waals surface area (Å²) in [6.07, 6.45) is 3.36. The molecule has 170 valence electrons. The summed E-state index contributed by atoms with van der Waals surface area (Å²) < 4.78 is 27.6. The van der Waals surface area contributed by atoms with E-state index < -0.39 is 23.5 Å². The maximum absolute atomic E-state index is 13.5. The number of nitrogens with zero attached hydrogens (tertiary/aromatic N) is 1. The van der Waals surface area contributed by atoms with E-state index >= 15 is 0 Å². The standard InChI is InChI=1S/C24H22N2O7/c1-29-15-5-3-13(9-18(15)30-2)25-22(27)20-17-7-8-24(33-17)11-26(23(28)21(20)24)14-4-6-16-19(10-14)32-12-31-16/h3-10,17,20-21H,11-12H2,1-2H3,(H,25,27)/t17-,20-,21+,24+/m1/s1. The molecule has 9 nitrogen and oxygen atoms in total. The summed E-state index contributed by atoms with van der Waals surface area (Å²) in [7, 11) is 3.08. The monoisotopic (exact) mass is 450 g/mol. The van der Waals surface area contributed by atoms with Gasteiger partial charge in [-0.3, -0.25) is 9.59 Å². The number of amides is 2. The molecule has 0 aliphatic carbocycles. The molecule has 9 heteroatoms. The van der Waals surface area contributed by atoms with Gasteiger partial charge >= 0.3 is 0 Å². The molecule has 0 saturated carbocycles. The van der Waals surface area contributed by atoms with E-state index in [1.165, 1.54) is 7.11 Å². The Bertz CT molecular complexity index is 1200. The van der Waals surface area contributed by atoms with Crippen LogP contribution in [0.3, 0.4) is 0 Å². The van der Waals surface area contributed by atoms with Crippen LogP contribution in [0.2, 0.25) is 0 Å². The summed E-state index contributed by atoms with van der Waals surface area (Å²) in [5, 5.41) is 2.92. The number of methoxy groups -OCH3 is 2. The van der Waals surface area contributed by atoms with Gasteiger partial charge in [0.1, 0.15) is 5.60 Å². The fourth-order valence-corrected chi connectivity index (χ4v) is 5.21. The molecule has 2 fully saturated rings. The van der Waals surface area contributed by atoms with Gasteiger partial charge in [0.15, 0.2) is 23.0 Å². The van der Waals surface area contributed by atoms with E-state index in [2.05, 4.69) is 5.32 Å². The van der Waals surface area contributed by atoms with E-state index in [1.807, 2.05) is 18.2 Å². The van der Waals surface area contributed by atoms with Gasteiger partial charge in [0.05, 0.1) is 38.7 Å². The molecule has 4 atom stereocenters. The molecular formula is C24H22N2O7. The Morgan fingerprint density at radius 3 is 2.73 bits per heavy atom. The van der Waals surface area contributed by atoms with Crippen LogP contribution in [0.4, 0.5) is 11.4 Å². The van der Waals surface area contributed by atoms with Gasteiger partial charge in [-0.1, -0.05) is 12.2 Å². The molecule has 0 radical (unpaired) electrons. The van der Waals surface area contributed by atoms with Crippen molar-refractivity contribution in [3.8, 4) is 23.0 Å². The van der Waals surface area contributed by atoms with E-state index in [9.17, 15) is 9.59 Å². The fraction of sp³-hybridized carbons (Fsp3) is 0.333. The third-order valence-electron chi connectivity index (χ3n) is 6.72. The zero-order valence-electron chi connectivity index (χ0n) is 18.1. The van der Waals surface area contributed by atoms with E-state index in [0.717, 1.165) is 0 Å². The van der Waals surface area contributed by atoms with Crippen LogP contribution in [0.15, 0.2) is 48.6 Å². The summed E-state index contributed by atoms with van der Waals surface area (Å²) in [6, 6.07) is 10.5. The molecule has 1 spiro atoms. The summed E-state index contributed by atoms with van der Waals surface area (Å²) >= 11 is 0. The number of hydrogen-bond donors (Lipinski definition) is 1. The summed E-state index contributed by atoms with van der Waals surface area (Å²) in [5.41, 5.74) is 0.418. The zero-order chi connectivity index (χ0) is 22.7. The predicted octanol–water partition coefficient (Wildman–Crippen LogP) is 2.36. The van der Waals surface area contributed by atoms with E-state index in [-0.39, 0.29) is 18.6 Å². The highest BCUT2D eigenvalue weighted by Crippen LogP contribution is 2.53. The third-order valence-corrected chi connectivity index (χ3v) is 6.72. The van der Waals surface area contributed by atoms with Crippen LogP contribution >= 0.6 is 0 Å². The van der Waals surface area contributed by atoms with Crippen molar-refractivity contribution in [1.82, 2.24) is 0 Å². The lowest BCUT2D eigenvalue weighted by Gasteiger charge is -2.23. The topological polar surface area (TPSA) is 95.6 Å². The molecule has 1 N–H and O–H groups in total. The Labute approximate surface area is 189 Å². The van der Waals surface area contributed by atoms with Crippen molar-refractivity contribution >= 4 is 23.2 Å². The lowest BCUT2D eigenvalue weighted by atomic mass is 9.77. The number of ether oxygens (including phenoxy) is 5. The van der Waals surface area contributed by atoms with E-state index in [4.69, 9.17) is 23.7 Å². The van der Waals surface area contributed by atoms with Crippen molar-refractivity contribution in [1.29, 1.82) is 0 Å². The highest BCUT2D eigenvalue weighted by Gasteiger charge is 2.67. The molecule has 4 heterocycles. The van der Waals surface area contributed by atoms with Gasteiger partial charge in [-0.05, 0) is 24.3 Å². The number of anilines is 2. The van der Waals surface area contributed by atoms with Crippen molar-refractivity contribution in [2.45, 2.75) is 11.7 Å². The van der Waals surface area contributed by atoms with Gasteiger partial charge < -0.3 is 33.9 Å². The van der Waals surface area contributed by atoms with Crippen molar-refractivity contribution in [3.05, 3.63) is 48.6 Å². The Morgan fingerprint density at radius 2 is 1.91 bits per heavy atom. The first-order valence-electron chi connectivity index (χ1n) is 10.6. The lowest BCUT2D eigenvalue weighted by Crippen LogP contribution is -2.41. The number of benzene rings is 2. The van der Waals surface area contributed by atoms with Crippen molar-refractivity contribution in [3.63, 3.8) is 0 Å².